The van der Waals surface area contributed by atoms with Crippen molar-refractivity contribution in [1.82, 2.24) is 4.72 Å². The van der Waals surface area contributed by atoms with Crippen LogP contribution >= 0.6 is 22.6 Å². The second-order valence-electron chi connectivity index (χ2n) is 4.40. The van der Waals surface area contributed by atoms with E-state index in [9.17, 15) is 31.2 Å². The number of rotatable bonds is 7. The summed E-state index contributed by atoms with van der Waals surface area (Å²) in [5.41, 5.74) is 0.182. The van der Waals surface area contributed by atoms with Crippen LogP contribution in [-0.4, -0.2) is 43.9 Å². The lowest BCUT2D eigenvalue weighted by molar-refractivity contribution is -0.224. The number of hydrogen-bond donors (Lipinski definition) is 2. The number of ether oxygens (including phenoxy) is 2. The van der Waals surface area contributed by atoms with Gasteiger partial charge in [0.15, 0.2) is 0 Å². The lowest BCUT2D eigenvalue weighted by Gasteiger charge is -2.20. The highest BCUT2D eigenvalue weighted by atomic mass is 127. The van der Waals surface area contributed by atoms with E-state index in [0.717, 1.165) is 3.57 Å². The van der Waals surface area contributed by atoms with Gasteiger partial charge in [0.05, 0.1) is 12.0 Å². The first kappa shape index (κ1) is 21.6. The Balaban J connectivity index is 2.54. The summed E-state index contributed by atoms with van der Waals surface area (Å²) >= 11 is 1.95. The van der Waals surface area contributed by atoms with Crippen LogP contribution in [-0.2, 0) is 24.6 Å². The van der Waals surface area contributed by atoms with E-state index in [0.29, 0.717) is 4.72 Å². The van der Waals surface area contributed by atoms with Crippen LogP contribution in [0.4, 0.5) is 13.2 Å². The standard InChI is InChI=1S/C12H11F3INO7S/c13-12(14,15)11(17-25(20,21)22)24-9(18)4-5-23-10(19)7-2-1-3-8(16)6-7/h1-3,6,11,17H,4-5H2,(H,20,21,22). The molecule has 0 aromatic heterocycles. The minimum absolute atomic E-state index is 0.182. The molecular weight excluding hydrogens is 486 g/mol. The molecule has 1 rings (SSSR count). The third-order valence-corrected chi connectivity index (χ3v) is 3.59. The smallest absolute Gasteiger partial charge is 0.440 e. The topological polar surface area (TPSA) is 119 Å². The summed E-state index contributed by atoms with van der Waals surface area (Å²) in [6.45, 7) is -0.584. The molecule has 0 heterocycles. The van der Waals surface area contributed by atoms with Gasteiger partial charge in [-0.1, -0.05) is 6.07 Å². The van der Waals surface area contributed by atoms with Crippen LogP contribution in [0.5, 0.6) is 0 Å². The van der Waals surface area contributed by atoms with Crippen LogP contribution in [0.25, 0.3) is 0 Å². The number of nitrogens with one attached hydrogen (secondary N) is 1. The highest BCUT2D eigenvalue weighted by Crippen LogP contribution is 2.22. The Hall–Kier alpha value is -1.45. The normalized spacial score (nSPS) is 13.2. The predicted molar refractivity (Wildman–Crippen MR) is 84.7 cm³/mol. The zero-order valence-corrected chi connectivity index (χ0v) is 15.1. The molecule has 0 radical (unpaired) electrons. The largest absolute Gasteiger partial charge is 0.461 e. The van der Waals surface area contributed by atoms with Crippen LogP contribution in [0.2, 0.25) is 0 Å². The fraction of sp³-hybridized carbons (Fsp3) is 0.333. The van der Waals surface area contributed by atoms with E-state index < -0.39 is 47.7 Å². The highest BCUT2D eigenvalue weighted by molar-refractivity contribution is 14.1. The maximum atomic E-state index is 12.5. The second kappa shape index (κ2) is 8.77. The summed E-state index contributed by atoms with van der Waals surface area (Å²) in [5, 5.41) is 0. The van der Waals surface area contributed by atoms with Crippen molar-refractivity contribution in [1.29, 1.82) is 0 Å². The lowest BCUT2D eigenvalue weighted by atomic mass is 10.2. The molecule has 0 saturated heterocycles. The molecule has 0 fully saturated rings. The summed E-state index contributed by atoms with van der Waals surface area (Å²) in [7, 11) is -5.26. The maximum Gasteiger partial charge on any atom is 0.440 e. The van der Waals surface area contributed by atoms with Gasteiger partial charge in [0.1, 0.15) is 6.61 Å². The van der Waals surface area contributed by atoms with Gasteiger partial charge < -0.3 is 9.47 Å². The van der Waals surface area contributed by atoms with E-state index in [2.05, 4.69) is 4.74 Å². The van der Waals surface area contributed by atoms with Crippen molar-refractivity contribution < 1.29 is 45.2 Å². The van der Waals surface area contributed by atoms with E-state index in [-0.39, 0.29) is 5.56 Å². The SMILES string of the molecule is O=C(CCOC(=O)c1cccc(I)c1)OC(NS(=O)(=O)O)C(F)(F)F. The number of carbonyl (C=O) groups is 2. The first-order valence-electron chi connectivity index (χ1n) is 6.32. The van der Waals surface area contributed by atoms with E-state index in [4.69, 9.17) is 9.29 Å². The third-order valence-electron chi connectivity index (χ3n) is 2.40. The summed E-state index contributed by atoms with van der Waals surface area (Å²) in [6, 6.07) is 6.24. The molecule has 1 aromatic rings. The molecule has 0 aliphatic heterocycles. The van der Waals surface area contributed by atoms with Gasteiger partial charge in [-0.3, -0.25) is 9.35 Å². The average molecular weight is 497 g/mol. The summed E-state index contributed by atoms with van der Waals surface area (Å²) in [5.74, 6) is -2.29. The molecule has 1 unspecified atom stereocenters. The Labute approximate surface area is 153 Å². The molecule has 0 aliphatic carbocycles. The minimum Gasteiger partial charge on any atom is -0.461 e. The van der Waals surface area contributed by atoms with Gasteiger partial charge in [-0.25, -0.2) is 4.79 Å². The summed E-state index contributed by atoms with van der Waals surface area (Å²) in [6.07, 6.45) is -9.31. The van der Waals surface area contributed by atoms with Crippen LogP contribution in [0.3, 0.4) is 0 Å². The maximum absolute atomic E-state index is 12.5. The molecule has 1 atom stereocenters. The predicted octanol–water partition coefficient (Wildman–Crippen LogP) is 1.66. The van der Waals surface area contributed by atoms with Crippen molar-refractivity contribution in [3.05, 3.63) is 33.4 Å². The van der Waals surface area contributed by atoms with Gasteiger partial charge in [-0.15, -0.1) is 4.72 Å². The monoisotopic (exact) mass is 497 g/mol. The molecule has 0 aliphatic rings. The quantitative estimate of drug-likeness (QED) is 0.255. The average Bonchev–Trinajstić information content (AvgIpc) is 2.44. The van der Waals surface area contributed by atoms with Crippen LogP contribution < -0.4 is 4.72 Å². The number of halogens is 4. The van der Waals surface area contributed by atoms with E-state index in [1.807, 2.05) is 22.6 Å². The van der Waals surface area contributed by atoms with Gasteiger partial charge >= 0.3 is 28.4 Å². The number of esters is 2. The fourth-order valence-electron chi connectivity index (χ4n) is 1.41. The van der Waals surface area contributed by atoms with Crippen LogP contribution in [0.1, 0.15) is 16.8 Å². The van der Waals surface area contributed by atoms with Gasteiger partial charge in [-0.2, -0.15) is 21.6 Å². The third kappa shape index (κ3) is 8.46. The summed E-state index contributed by atoms with van der Waals surface area (Å²) in [4.78, 5) is 23.0. The van der Waals surface area contributed by atoms with Crippen molar-refractivity contribution in [3.63, 3.8) is 0 Å². The van der Waals surface area contributed by atoms with Crippen LogP contribution in [0.15, 0.2) is 24.3 Å². The molecule has 140 valence electrons. The first-order chi connectivity index (χ1) is 11.4. The number of carbonyl (C=O) groups excluding carboxylic acids is 2. The Bertz CT molecular complexity index is 738. The van der Waals surface area contributed by atoms with E-state index in [1.54, 1.807) is 12.1 Å². The molecule has 0 spiro atoms. The Morgan fingerprint density at radius 1 is 1.32 bits per heavy atom. The molecule has 2 N–H and O–H groups in total. The minimum atomic E-state index is -5.29. The van der Waals surface area contributed by atoms with Crippen LogP contribution in [0, 0.1) is 3.57 Å². The van der Waals surface area contributed by atoms with Gasteiger partial charge in [0.2, 0.25) is 0 Å². The molecule has 0 saturated carbocycles. The number of hydrogen-bond acceptors (Lipinski definition) is 6. The molecule has 25 heavy (non-hydrogen) atoms. The van der Waals surface area contributed by atoms with Crippen molar-refractivity contribution in [2.24, 2.45) is 0 Å². The molecule has 8 nitrogen and oxygen atoms in total. The number of benzene rings is 1. The zero-order valence-electron chi connectivity index (χ0n) is 12.1. The van der Waals surface area contributed by atoms with Crippen molar-refractivity contribution >= 4 is 44.8 Å². The van der Waals surface area contributed by atoms with Crippen molar-refractivity contribution in [3.8, 4) is 0 Å². The van der Waals surface area contributed by atoms with Crippen molar-refractivity contribution in [2.75, 3.05) is 6.61 Å². The van der Waals surface area contributed by atoms with Crippen molar-refractivity contribution in [2.45, 2.75) is 18.8 Å². The Morgan fingerprint density at radius 3 is 2.48 bits per heavy atom. The summed E-state index contributed by atoms with van der Waals surface area (Å²) < 4.78 is 76.9. The van der Waals surface area contributed by atoms with E-state index in [1.165, 1.54) is 12.1 Å². The molecule has 0 amide bonds. The molecule has 0 bridgehead atoms. The fourth-order valence-corrected chi connectivity index (χ4v) is 2.40. The zero-order chi connectivity index (χ0) is 19.3. The Kier molecular flexibility index (Phi) is 7.58. The molecular formula is C12H11F3INO7S. The van der Waals surface area contributed by atoms with E-state index >= 15 is 0 Å². The van der Waals surface area contributed by atoms with Gasteiger partial charge in [0, 0.05) is 3.57 Å². The first-order valence-corrected chi connectivity index (χ1v) is 8.84. The second-order valence-corrected chi connectivity index (χ2v) is 6.83. The van der Waals surface area contributed by atoms with Gasteiger partial charge in [-0.05, 0) is 40.8 Å². The highest BCUT2D eigenvalue weighted by Gasteiger charge is 2.45. The number of alkyl halides is 3. The van der Waals surface area contributed by atoms with Gasteiger partial charge in [0.25, 0.3) is 6.23 Å². The Morgan fingerprint density at radius 2 is 1.96 bits per heavy atom. The lowest BCUT2D eigenvalue weighted by Crippen LogP contribution is -2.48. The molecule has 13 heteroatoms. The molecule has 1 aromatic carbocycles.